The molecule has 0 heterocycles. The summed E-state index contributed by atoms with van der Waals surface area (Å²) in [6, 6.07) is 86.9. The third kappa shape index (κ3) is 5.17. The van der Waals surface area contributed by atoms with Crippen molar-refractivity contribution in [1.82, 2.24) is 0 Å². The van der Waals surface area contributed by atoms with E-state index in [-0.39, 0.29) is 0 Å². The fourth-order valence-electron chi connectivity index (χ4n) is 9.73. The van der Waals surface area contributed by atoms with Gasteiger partial charge < -0.3 is 4.90 Å². The zero-order chi connectivity index (χ0) is 38.5. The Kier molecular flexibility index (Phi) is 8.12. The van der Waals surface area contributed by atoms with Crippen LogP contribution >= 0.6 is 0 Å². The van der Waals surface area contributed by atoms with Crippen molar-refractivity contribution in [3.63, 3.8) is 0 Å². The topological polar surface area (TPSA) is 3.24 Å². The number of anilines is 3. The van der Waals surface area contributed by atoms with Gasteiger partial charge in [0, 0.05) is 22.2 Å². The van der Waals surface area contributed by atoms with Gasteiger partial charge in [0.15, 0.2) is 0 Å². The summed E-state index contributed by atoms with van der Waals surface area (Å²) in [4.78, 5) is 2.56. The van der Waals surface area contributed by atoms with E-state index in [2.05, 4.69) is 241 Å². The molecule has 11 rings (SSSR count). The number of benzene rings is 10. The molecule has 0 amide bonds. The second kappa shape index (κ2) is 13.9. The van der Waals surface area contributed by atoms with Crippen LogP contribution in [0.5, 0.6) is 0 Å². The maximum atomic E-state index is 2.56. The molecule has 0 unspecified atom stereocenters. The molecule has 1 aliphatic carbocycles. The van der Waals surface area contributed by atoms with Crippen LogP contribution in [0.2, 0.25) is 0 Å². The first kappa shape index (κ1) is 33.8. The van der Waals surface area contributed by atoms with Gasteiger partial charge in [0.2, 0.25) is 0 Å². The molecule has 0 radical (unpaired) electrons. The average Bonchev–Trinajstić information content (AvgIpc) is 3.62. The first-order chi connectivity index (χ1) is 28.8. The molecule has 1 nitrogen and oxygen atoms in total. The van der Waals surface area contributed by atoms with Crippen molar-refractivity contribution in [3.8, 4) is 33.4 Å². The van der Waals surface area contributed by atoms with Crippen molar-refractivity contribution in [3.05, 3.63) is 259 Å². The molecule has 0 fully saturated rings. The van der Waals surface area contributed by atoms with Crippen LogP contribution in [0.25, 0.3) is 54.9 Å². The van der Waals surface area contributed by atoms with Crippen LogP contribution in [-0.2, 0) is 5.41 Å². The molecular weight excluding hydrogens is 699 g/mol. The number of nitrogens with zero attached hydrogens (tertiary/aromatic N) is 1. The van der Waals surface area contributed by atoms with E-state index in [0.717, 1.165) is 17.1 Å². The molecule has 10 aromatic rings. The predicted octanol–water partition coefficient (Wildman–Crippen LogP) is 15.2. The van der Waals surface area contributed by atoms with Gasteiger partial charge in [0.05, 0.1) is 16.8 Å². The molecule has 58 heavy (non-hydrogen) atoms. The molecule has 272 valence electrons. The van der Waals surface area contributed by atoms with Crippen LogP contribution in [0.15, 0.2) is 237 Å². The number of hydrogen-bond donors (Lipinski definition) is 0. The van der Waals surface area contributed by atoms with Crippen molar-refractivity contribution >= 4 is 38.6 Å². The Morgan fingerprint density at radius 1 is 0.293 bits per heavy atom. The summed E-state index contributed by atoms with van der Waals surface area (Å²) < 4.78 is 0. The lowest BCUT2D eigenvalue weighted by Gasteiger charge is -2.35. The highest BCUT2D eigenvalue weighted by Crippen LogP contribution is 2.60. The lowest BCUT2D eigenvalue weighted by atomic mass is 9.68. The van der Waals surface area contributed by atoms with E-state index in [1.54, 1.807) is 0 Å². The molecule has 0 aliphatic heterocycles. The summed E-state index contributed by atoms with van der Waals surface area (Å²) >= 11 is 0. The smallest absolute Gasteiger partial charge is 0.0714 e. The summed E-state index contributed by atoms with van der Waals surface area (Å²) in [7, 11) is 0. The molecule has 10 aromatic carbocycles. The van der Waals surface area contributed by atoms with E-state index in [4.69, 9.17) is 0 Å². The summed E-state index contributed by atoms with van der Waals surface area (Å²) in [5.41, 5.74) is 15.2. The summed E-state index contributed by atoms with van der Waals surface area (Å²) in [6.07, 6.45) is 0. The monoisotopic (exact) mass is 737 g/mol. The molecule has 1 heteroatoms. The Balaban J connectivity index is 1.29. The van der Waals surface area contributed by atoms with Crippen LogP contribution in [0.1, 0.15) is 22.3 Å². The quantitative estimate of drug-likeness (QED) is 0.147. The maximum absolute atomic E-state index is 2.56. The molecule has 0 saturated carbocycles. The third-order valence-electron chi connectivity index (χ3n) is 12.1. The van der Waals surface area contributed by atoms with E-state index in [9.17, 15) is 0 Å². The minimum Gasteiger partial charge on any atom is -0.309 e. The number of fused-ring (bicyclic) bond motifs is 6. The van der Waals surface area contributed by atoms with Gasteiger partial charge in [-0.05, 0) is 78.9 Å². The van der Waals surface area contributed by atoms with Gasteiger partial charge in [-0.2, -0.15) is 0 Å². The fourth-order valence-corrected chi connectivity index (χ4v) is 9.73. The summed E-state index contributed by atoms with van der Waals surface area (Å²) in [5, 5.41) is 4.91. The maximum Gasteiger partial charge on any atom is 0.0714 e. The first-order valence-corrected chi connectivity index (χ1v) is 20.1. The zero-order valence-corrected chi connectivity index (χ0v) is 32.0. The average molecular weight is 738 g/mol. The van der Waals surface area contributed by atoms with Crippen LogP contribution in [0, 0.1) is 0 Å². The van der Waals surface area contributed by atoms with Crippen molar-refractivity contribution < 1.29 is 0 Å². The Morgan fingerprint density at radius 3 is 1.40 bits per heavy atom. The van der Waals surface area contributed by atoms with Gasteiger partial charge in [-0.3, -0.25) is 0 Å². The summed E-state index contributed by atoms with van der Waals surface area (Å²) in [6.45, 7) is 0. The molecule has 0 N–H and O–H groups in total. The van der Waals surface area contributed by atoms with Crippen molar-refractivity contribution in [2.24, 2.45) is 0 Å². The Hall–Kier alpha value is -7.48. The molecule has 0 bridgehead atoms. The second-order valence-corrected chi connectivity index (χ2v) is 15.2. The largest absolute Gasteiger partial charge is 0.309 e. The minimum absolute atomic E-state index is 0.527. The Labute approximate surface area is 339 Å². The minimum atomic E-state index is -0.527. The highest BCUT2D eigenvalue weighted by molar-refractivity contribution is 6.23. The third-order valence-corrected chi connectivity index (χ3v) is 12.1. The standard InChI is InChI=1S/C57H39N/c1-5-20-40(21-6-1)41-36-38-45(39-37-41)58(56-49-31-16-14-29-47(49)46-28-13-15-30-48(46)54(56)42-22-7-2-8-23-42)53-35-19-34-52-55(53)50-32-17-18-33-51(50)57(52,43-24-9-3-10-25-43)44-26-11-4-12-27-44/h1-39H. The predicted molar refractivity (Wildman–Crippen MR) is 244 cm³/mol. The van der Waals surface area contributed by atoms with Gasteiger partial charge in [-0.1, -0.05) is 218 Å². The van der Waals surface area contributed by atoms with E-state index >= 15 is 0 Å². The van der Waals surface area contributed by atoms with E-state index < -0.39 is 5.41 Å². The van der Waals surface area contributed by atoms with E-state index in [1.807, 2.05) is 0 Å². The number of rotatable bonds is 7. The zero-order valence-electron chi connectivity index (χ0n) is 32.0. The lowest BCUT2D eigenvalue weighted by Crippen LogP contribution is -2.28. The van der Waals surface area contributed by atoms with Gasteiger partial charge in [0.25, 0.3) is 0 Å². The van der Waals surface area contributed by atoms with Crippen LogP contribution in [0.4, 0.5) is 17.1 Å². The van der Waals surface area contributed by atoms with Gasteiger partial charge in [-0.25, -0.2) is 0 Å². The second-order valence-electron chi connectivity index (χ2n) is 15.2. The van der Waals surface area contributed by atoms with Crippen LogP contribution in [0.3, 0.4) is 0 Å². The highest BCUT2D eigenvalue weighted by atomic mass is 15.2. The van der Waals surface area contributed by atoms with E-state index in [1.165, 1.54) is 77.2 Å². The number of hydrogen-bond acceptors (Lipinski definition) is 1. The molecular formula is C57H39N. The Morgan fingerprint density at radius 2 is 0.759 bits per heavy atom. The van der Waals surface area contributed by atoms with Crippen LogP contribution < -0.4 is 4.90 Å². The highest BCUT2D eigenvalue weighted by Gasteiger charge is 2.47. The normalized spacial score (nSPS) is 12.6. The van der Waals surface area contributed by atoms with Gasteiger partial charge in [-0.15, -0.1) is 0 Å². The lowest BCUT2D eigenvalue weighted by molar-refractivity contribution is 0.768. The molecule has 0 aromatic heterocycles. The molecule has 1 aliphatic rings. The molecule has 0 atom stereocenters. The van der Waals surface area contributed by atoms with E-state index in [0.29, 0.717) is 0 Å². The SMILES string of the molecule is c1ccc(-c2ccc(N(c3cccc4c3-c3ccccc3C4(c3ccccc3)c3ccccc3)c3c(-c4ccccc4)c4ccccc4c4ccccc34)cc2)cc1. The fraction of sp³-hybridized carbons (Fsp3) is 0.0175. The van der Waals surface area contributed by atoms with Crippen molar-refractivity contribution in [2.75, 3.05) is 4.90 Å². The Bertz CT molecular complexity index is 3040. The van der Waals surface area contributed by atoms with Crippen molar-refractivity contribution in [1.29, 1.82) is 0 Å². The van der Waals surface area contributed by atoms with Gasteiger partial charge in [0.1, 0.15) is 0 Å². The summed E-state index contributed by atoms with van der Waals surface area (Å²) in [5.74, 6) is 0. The first-order valence-electron chi connectivity index (χ1n) is 20.1. The molecule has 0 saturated heterocycles. The molecule has 0 spiro atoms. The van der Waals surface area contributed by atoms with Crippen molar-refractivity contribution in [2.45, 2.75) is 5.41 Å². The van der Waals surface area contributed by atoms with Gasteiger partial charge >= 0.3 is 0 Å². The van der Waals surface area contributed by atoms with Crippen LogP contribution in [-0.4, -0.2) is 0 Å².